The fraction of sp³-hybridized carbons (Fsp3) is 0.412. The summed E-state index contributed by atoms with van der Waals surface area (Å²) in [6.07, 6.45) is 0.942. The minimum atomic E-state index is -0.377. The maximum Gasteiger partial charge on any atom is 0.258 e. The summed E-state index contributed by atoms with van der Waals surface area (Å²) in [5.41, 5.74) is 5.19. The number of carbonyl (C=O) groups excluding carboxylic acids is 2. The summed E-state index contributed by atoms with van der Waals surface area (Å²) in [6, 6.07) is 19.7. The summed E-state index contributed by atoms with van der Waals surface area (Å²) in [7, 11) is 0. The standard InChI is InChI=1S/C34H43FN4O2/c1-7-33(40)39(28-18-16-27(17-19-28)36(8-2)9-3)32-22-24(6)38(34(41)25-12-14-26(35)15-13-25)31-21-20-29(23-30(31)32)37(10-4)11-5/h12-21,23-24,32H,7-11,22H2,1-6H3/t24?,32-/m0/s1. The van der Waals surface area contributed by atoms with Gasteiger partial charge in [-0.25, -0.2) is 4.39 Å². The van der Waals surface area contributed by atoms with Crippen LogP contribution in [0.3, 0.4) is 0 Å². The van der Waals surface area contributed by atoms with Crippen LogP contribution in [0.25, 0.3) is 0 Å². The molecule has 3 aromatic carbocycles. The van der Waals surface area contributed by atoms with E-state index in [0.29, 0.717) is 18.4 Å². The molecule has 0 spiro atoms. The second kappa shape index (κ2) is 13.2. The quantitative estimate of drug-likeness (QED) is 0.259. The van der Waals surface area contributed by atoms with Gasteiger partial charge in [-0.1, -0.05) is 6.92 Å². The largest absolute Gasteiger partial charge is 0.372 e. The van der Waals surface area contributed by atoms with E-state index in [-0.39, 0.29) is 29.7 Å². The van der Waals surface area contributed by atoms with Crippen molar-refractivity contribution in [2.45, 2.75) is 66.5 Å². The summed E-state index contributed by atoms with van der Waals surface area (Å²) >= 11 is 0. The minimum absolute atomic E-state index is 0.0373. The molecule has 2 amide bonds. The molecule has 0 saturated heterocycles. The topological polar surface area (TPSA) is 47.1 Å². The number of nitrogens with zero attached hydrogens (tertiary/aromatic N) is 4. The molecule has 7 heteroatoms. The van der Waals surface area contributed by atoms with Gasteiger partial charge in [-0.3, -0.25) is 9.59 Å². The summed E-state index contributed by atoms with van der Waals surface area (Å²) in [6.45, 7) is 15.9. The van der Waals surface area contributed by atoms with Gasteiger partial charge in [0, 0.05) is 72.5 Å². The first-order valence-electron chi connectivity index (χ1n) is 14.9. The van der Waals surface area contributed by atoms with Gasteiger partial charge in [0.15, 0.2) is 0 Å². The highest BCUT2D eigenvalue weighted by Crippen LogP contribution is 2.44. The lowest BCUT2D eigenvalue weighted by molar-refractivity contribution is -0.118. The zero-order chi connectivity index (χ0) is 29.7. The van der Waals surface area contributed by atoms with Crippen LogP contribution in [-0.2, 0) is 4.79 Å². The fourth-order valence-electron chi connectivity index (χ4n) is 5.97. The summed E-state index contributed by atoms with van der Waals surface area (Å²) in [4.78, 5) is 35.7. The molecule has 1 unspecified atom stereocenters. The number of amides is 2. The van der Waals surface area contributed by atoms with E-state index in [1.54, 1.807) is 0 Å². The molecule has 1 heterocycles. The first kappa shape index (κ1) is 30.1. The highest BCUT2D eigenvalue weighted by Gasteiger charge is 2.39. The van der Waals surface area contributed by atoms with Gasteiger partial charge in [0.1, 0.15) is 5.82 Å². The summed E-state index contributed by atoms with van der Waals surface area (Å²) in [5.74, 6) is -0.515. The van der Waals surface area contributed by atoms with E-state index in [1.165, 1.54) is 24.3 Å². The van der Waals surface area contributed by atoms with E-state index < -0.39 is 0 Å². The molecule has 0 aliphatic carbocycles. The van der Waals surface area contributed by atoms with Crippen LogP contribution in [0.1, 0.15) is 76.3 Å². The van der Waals surface area contributed by atoms with Crippen molar-refractivity contribution in [3.05, 3.63) is 83.7 Å². The zero-order valence-corrected chi connectivity index (χ0v) is 25.2. The Morgan fingerprint density at radius 3 is 1.88 bits per heavy atom. The SMILES string of the molecule is CCC(=O)N(c1ccc(N(CC)CC)cc1)[C@H]1CC(C)N(C(=O)c2ccc(F)cc2)c2ccc(N(CC)CC)cc21. The van der Waals surface area contributed by atoms with Gasteiger partial charge in [0.2, 0.25) is 5.91 Å². The molecule has 2 atom stereocenters. The highest BCUT2D eigenvalue weighted by molar-refractivity contribution is 6.07. The average Bonchev–Trinajstić information content (AvgIpc) is 2.99. The molecule has 3 aromatic rings. The first-order valence-corrected chi connectivity index (χ1v) is 14.9. The second-order valence-corrected chi connectivity index (χ2v) is 10.5. The van der Waals surface area contributed by atoms with Gasteiger partial charge in [0.05, 0.1) is 6.04 Å². The predicted molar refractivity (Wildman–Crippen MR) is 168 cm³/mol. The minimum Gasteiger partial charge on any atom is -0.372 e. The van der Waals surface area contributed by atoms with Gasteiger partial charge < -0.3 is 19.6 Å². The number of carbonyl (C=O) groups is 2. The Bertz CT molecular complexity index is 1330. The lowest BCUT2D eigenvalue weighted by Crippen LogP contribution is -2.48. The van der Waals surface area contributed by atoms with E-state index in [9.17, 15) is 14.0 Å². The van der Waals surface area contributed by atoms with Gasteiger partial charge in [-0.2, -0.15) is 0 Å². The molecule has 4 rings (SSSR count). The second-order valence-electron chi connectivity index (χ2n) is 10.5. The maximum absolute atomic E-state index is 13.8. The van der Waals surface area contributed by atoms with Crippen LogP contribution in [0, 0.1) is 5.82 Å². The lowest BCUT2D eigenvalue weighted by Gasteiger charge is -2.44. The third-order valence-corrected chi connectivity index (χ3v) is 8.21. The number of hydrogen-bond donors (Lipinski definition) is 0. The van der Waals surface area contributed by atoms with Crippen molar-refractivity contribution in [3.8, 4) is 0 Å². The van der Waals surface area contributed by atoms with Crippen LogP contribution in [0.5, 0.6) is 0 Å². The number of rotatable bonds is 10. The molecule has 0 radical (unpaired) electrons. The number of anilines is 4. The van der Waals surface area contributed by atoms with E-state index in [2.05, 4.69) is 61.8 Å². The van der Waals surface area contributed by atoms with Crippen LogP contribution in [0.15, 0.2) is 66.7 Å². The van der Waals surface area contributed by atoms with Crippen LogP contribution in [0.4, 0.5) is 27.1 Å². The first-order chi connectivity index (χ1) is 19.8. The number of benzene rings is 3. The van der Waals surface area contributed by atoms with Gasteiger partial charge in [0.25, 0.3) is 5.91 Å². The molecule has 0 N–H and O–H groups in total. The predicted octanol–water partition coefficient (Wildman–Crippen LogP) is 7.44. The molecule has 1 aliphatic rings. The van der Waals surface area contributed by atoms with E-state index in [4.69, 9.17) is 0 Å². The Balaban J connectivity index is 1.85. The lowest BCUT2D eigenvalue weighted by atomic mass is 9.88. The van der Waals surface area contributed by atoms with E-state index in [0.717, 1.165) is 54.5 Å². The number of halogens is 1. The molecule has 0 bridgehead atoms. The average molecular weight is 559 g/mol. The van der Waals surface area contributed by atoms with Gasteiger partial charge >= 0.3 is 0 Å². The Kier molecular flexibility index (Phi) is 9.69. The van der Waals surface area contributed by atoms with Crippen molar-refractivity contribution in [2.24, 2.45) is 0 Å². The van der Waals surface area contributed by atoms with Crippen molar-refractivity contribution in [1.82, 2.24) is 0 Å². The Hall–Kier alpha value is -3.87. The fourth-order valence-corrected chi connectivity index (χ4v) is 5.97. The van der Waals surface area contributed by atoms with E-state index in [1.807, 2.05) is 41.8 Å². The highest BCUT2D eigenvalue weighted by atomic mass is 19.1. The number of hydrogen-bond acceptors (Lipinski definition) is 4. The molecule has 1 aliphatic heterocycles. The molecule has 41 heavy (non-hydrogen) atoms. The smallest absolute Gasteiger partial charge is 0.258 e. The van der Waals surface area contributed by atoms with Crippen LogP contribution in [-0.4, -0.2) is 44.0 Å². The molecule has 6 nitrogen and oxygen atoms in total. The van der Waals surface area contributed by atoms with E-state index >= 15 is 0 Å². The van der Waals surface area contributed by atoms with Crippen LogP contribution in [0.2, 0.25) is 0 Å². The van der Waals surface area contributed by atoms with Crippen molar-refractivity contribution >= 4 is 34.6 Å². The van der Waals surface area contributed by atoms with Gasteiger partial charge in [-0.15, -0.1) is 0 Å². The van der Waals surface area contributed by atoms with Crippen molar-refractivity contribution in [2.75, 3.05) is 45.8 Å². The number of fused-ring (bicyclic) bond motifs is 1. The third-order valence-electron chi connectivity index (χ3n) is 8.21. The Morgan fingerprint density at radius 2 is 1.32 bits per heavy atom. The molecule has 0 fully saturated rings. The van der Waals surface area contributed by atoms with Crippen molar-refractivity contribution in [3.63, 3.8) is 0 Å². The van der Waals surface area contributed by atoms with Crippen molar-refractivity contribution < 1.29 is 14.0 Å². The van der Waals surface area contributed by atoms with Gasteiger partial charge in [-0.05, 0) is 108 Å². The normalized spacial score (nSPS) is 16.2. The molecule has 218 valence electrons. The third kappa shape index (κ3) is 6.09. The Morgan fingerprint density at radius 1 is 0.780 bits per heavy atom. The summed E-state index contributed by atoms with van der Waals surface area (Å²) in [5, 5.41) is 0. The summed E-state index contributed by atoms with van der Waals surface area (Å²) < 4.78 is 13.6. The molecule has 0 saturated carbocycles. The molecular formula is C34H43FN4O2. The zero-order valence-electron chi connectivity index (χ0n) is 25.2. The molecular weight excluding hydrogens is 515 g/mol. The maximum atomic E-state index is 13.8. The monoisotopic (exact) mass is 558 g/mol. The molecule has 0 aromatic heterocycles. The Labute approximate surface area is 244 Å². The van der Waals surface area contributed by atoms with Crippen molar-refractivity contribution in [1.29, 1.82) is 0 Å². The van der Waals surface area contributed by atoms with Crippen LogP contribution < -0.4 is 19.6 Å². The van der Waals surface area contributed by atoms with Crippen LogP contribution >= 0.6 is 0 Å².